The van der Waals surface area contributed by atoms with Gasteiger partial charge in [-0.1, -0.05) is 13.0 Å². The number of nitrogens with one attached hydrogen (secondary N) is 1. The lowest BCUT2D eigenvalue weighted by Crippen LogP contribution is -2.25. The van der Waals surface area contributed by atoms with Crippen molar-refractivity contribution in [2.75, 3.05) is 12.3 Å². The summed E-state index contributed by atoms with van der Waals surface area (Å²) in [6.45, 7) is 2.64. The van der Waals surface area contributed by atoms with Gasteiger partial charge < -0.3 is 11.1 Å². The highest BCUT2D eigenvalue weighted by Gasteiger charge is 2.19. The molecule has 2 heterocycles. The minimum atomic E-state index is -0.202. The smallest absolute Gasteiger partial charge is 0.273 e. The van der Waals surface area contributed by atoms with Crippen LogP contribution in [0.5, 0.6) is 0 Å². The molecule has 0 saturated carbocycles. The van der Waals surface area contributed by atoms with E-state index in [1.807, 2.05) is 23.6 Å². The monoisotopic (exact) mass is 298 g/mol. The molecule has 1 aliphatic rings. The largest absolute Gasteiger partial charge is 0.383 e. The van der Waals surface area contributed by atoms with E-state index in [0.29, 0.717) is 18.1 Å². The molecular weight excluding hydrogens is 276 g/mol. The van der Waals surface area contributed by atoms with Crippen molar-refractivity contribution in [3.8, 4) is 0 Å². The number of nitrogens with two attached hydrogens (primary N) is 1. The summed E-state index contributed by atoms with van der Waals surface area (Å²) >= 11 is 0. The maximum Gasteiger partial charge on any atom is 0.273 e. The Balaban J connectivity index is 2.05. The van der Waals surface area contributed by atoms with E-state index in [2.05, 4.69) is 22.4 Å². The zero-order valence-electron chi connectivity index (χ0n) is 12.9. The van der Waals surface area contributed by atoms with Crippen LogP contribution in [0.4, 0.5) is 5.82 Å². The third kappa shape index (κ3) is 2.58. The normalized spacial score (nSPS) is 14.9. The lowest BCUT2D eigenvalue weighted by Gasteiger charge is -2.13. The van der Waals surface area contributed by atoms with Crippen LogP contribution in [0.2, 0.25) is 0 Å². The number of nitrogen functional groups attached to an aromatic ring is 1. The van der Waals surface area contributed by atoms with Gasteiger partial charge in [0.05, 0.1) is 0 Å². The summed E-state index contributed by atoms with van der Waals surface area (Å²) in [5.74, 6) is 0.202. The van der Waals surface area contributed by atoms with Crippen LogP contribution in [0.3, 0.4) is 0 Å². The SMILES string of the molecule is CCCNC(=O)c1nc2c(C3=CCCCC3)cccn2c1N. The van der Waals surface area contributed by atoms with Gasteiger partial charge in [-0.25, -0.2) is 4.98 Å². The average Bonchev–Trinajstić information content (AvgIpc) is 2.91. The molecule has 0 atom stereocenters. The maximum absolute atomic E-state index is 12.2. The van der Waals surface area contributed by atoms with Crippen molar-refractivity contribution in [2.45, 2.75) is 39.0 Å². The Kier molecular flexibility index (Phi) is 4.13. The van der Waals surface area contributed by atoms with Gasteiger partial charge in [0.25, 0.3) is 5.91 Å². The van der Waals surface area contributed by atoms with E-state index in [-0.39, 0.29) is 5.91 Å². The Morgan fingerprint density at radius 2 is 2.32 bits per heavy atom. The van der Waals surface area contributed by atoms with E-state index in [4.69, 9.17) is 5.73 Å². The van der Waals surface area contributed by atoms with Crippen molar-refractivity contribution >= 4 is 22.9 Å². The molecule has 0 bridgehead atoms. The number of amides is 1. The predicted octanol–water partition coefficient (Wildman–Crippen LogP) is 3.01. The van der Waals surface area contributed by atoms with Crippen LogP contribution < -0.4 is 11.1 Å². The van der Waals surface area contributed by atoms with Gasteiger partial charge in [0.15, 0.2) is 5.69 Å². The molecule has 5 nitrogen and oxygen atoms in total. The Bertz CT molecular complexity index is 730. The fraction of sp³-hybridized carbons (Fsp3) is 0.412. The van der Waals surface area contributed by atoms with E-state index < -0.39 is 0 Å². The number of aromatic nitrogens is 2. The van der Waals surface area contributed by atoms with Crippen molar-refractivity contribution in [1.29, 1.82) is 0 Å². The molecule has 0 saturated heterocycles. The number of hydrogen-bond donors (Lipinski definition) is 2. The Morgan fingerprint density at radius 3 is 3.05 bits per heavy atom. The minimum absolute atomic E-state index is 0.202. The highest BCUT2D eigenvalue weighted by molar-refractivity contribution is 5.98. The molecule has 0 fully saturated rings. The summed E-state index contributed by atoms with van der Waals surface area (Å²) in [5, 5.41) is 2.84. The summed E-state index contributed by atoms with van der Waals surface area (Å²) in [6, 6.07) is 4.02. The molecule has 1 aliphatic carbocycles. The highest BCUT2D eigenvalue weighted by Crippen LogP contribution is 2.30. The van der Waals surface area contributed by atoms with Crippen LogP contribution in [0.15, 0.2) is 24.4 Å². The van der Waals surface area contributed by atoms with Gasteiger partial charge in [0.1, 0.15) is 11.5 Å². The number of rotatable bonds is 4. The number of allylic oxidation sites excluding steroid dienone is 2. The minimum Gasteiger partial charge on any atom is -0.383 e. The Labute approximate surface area is 130 Å². The average molecular weight is 298 g/mol. The number of carbonyl (C=O) groups excluding carboxylic acids is 1. The van der Waals surface area contributed by atoms with Crippen LogP contribution in [0, 0.1) is 0 Å². The van der Waals surface area contributed by atoms with Gasteiger partial charge in [0, 0.05) is 18.3 Å². The van der Waals surface area contributed by atoms with Gasteiger partial charge in [0.2, 0.25) is 0 Å². The second kappa shape index (κ2) is 6.22. The molecule has 3 N–H and O–H groups in total. The lowest BCUT2D eigenvalue weighted by molar-refractivity contribution is 0.0950. The van der Waals surface area contributed by atoms with Crippen molar-refractivity contribution in [3.05, 3.63) is 35.7 Å². The fourth-order valence-electron chi connectivity index (χ4n) is 2.91. The lowest BCUT2D eigenvalue weighted by atomic mass is 9.94. The Morgan fingerprint density at radius 1 is 1.45 bits per heavy atom. The third-order valence-corrected chi connectivity index (χ3v) is 4.07. The fourth-order valence-corrected chi connectivity index (χ4v) is 2.91. The highest BCUT2D eigenvalue weighted by atomic mass is 16.1. The zero-order valence-corrected chi connectivity index (χ0v) is 12.9. The first-order valence-electron chi connectivity index (χ1n) is 7.96. The molecule has 5 heteroatoms. The quantitative estimate of drug-likeness (QED) is 0.911. The molecule has 0 aliphatic heterocycles. The molecule has 0 aromatic carbocycles. The second-order valence-electron chi connectivity index (χ2n) is 5.69. The first kappa shape index (κ1) is 14.6. The van der Waals surface area contributed by atoms with Crippen molar-refractivity contribution in [3.63, 3.8) is 0 Å². The van der Waals surface area contributed by atoms with Crippen LogP contribution in [0.1, 0.15) is 55.1 Å². The summed E-state index contributed by atoms with van der Waals surface area (Å²) < 4.78 is 1.81. The van der Waals surface area contributed by atoms with E-state index >= 15 is 0 Å². The van der Waals surface area contributed by atoms with E-state index in [1.165, 1.54) is 18.4 Å². The number of nitrogens with zero attached hydrogens (tertiary/aromatic N) is 2. The summed E-state index contributed by atoms with van der Waals surface area (Å²) in [4.78, 5) is 16.7. The first-order valence-corrected chi connectivity index (χ1v) is 7.96. The van der Waals surface area contributed by atoms with Crippen LogP contribution in [-0.2, 0) is 0 Å². The Hall–Kier alpha value is -2.30. The maximum atomic E-state index is 12.2. The predicted molar refractivity (Wildman–Crippen MR) is 88.7 cm³/mol. The van der Waals surface area contributed by atoms with E-state index in [1.54, 1.807) is 0 Å². The van der Waals surface area contributed by atoms with Gasteiger partial charge in [-0.3, -0.25) is 9.20 Å². The molecule has 2 aromatic heterocycles. The summed E-state index contributed by atoms with van der Waals surface area (Å²) in [7, 11) is 0. The summed E-state index contributed by atoms with van der Waals surface area (Å²) in [6.07, 6.45) is 9.64. The van der Waals surface area contributed by atoms with Crippen molar-refractivity contribution in [1.82, 2.24) is 14.7 Å². The van der Waals surface area contributed by atoms with Gasteiger partial charge in [-0.2, -0.15) is 0 Å². The number of pyridine rings is 1. The molecule has 22 heavy (non-hydrogen) atoms. The van der Waals surface area contributed by atoms with E-state index in [0.717, 1.165) is 30.5 Å². The summed E-state index contributed by atoms with van der Waals surface area (Å²) in [5.41, 5.74) is 9.61. The first-order chi connectivity index (χ1) is 10.7. The molecule has 116 valence electrons. The van der Waals surface area contributed by atoms with Crippen LogP contribution in [-0.4, -0.2) is 21.8 Å². The number of imidazole rings is 1. The van der Waals surface area contributed by atoms with E-state index in [9.17, 15) is 4.79 Å². The number of fused-ring (bicyclic) bond motifs is 1. The second-order valence-corrected chi connectivity index (χ2v) is 5.69. The standard InChI is InChI=1S/C17H22N4O/c1-2-10-19-17(22)14-15(18)21-11-6-9-13(16(21)20-14)12-7-4-3-5-8-12/h6-7,9,11H,2-5,8,10,18H2,1H3,(H,19,22). The molecule has 2 aromatic rings. The van der Waals surface area contributed by atoms with Gasteiger partial charge in [-0.15, -0.1) is 0 Å². The number of hydrogen-bond acceptors (Lipinski definition) is 3. The zero-order chi connectivity index (χ0) is 15.5. The van der Waals surface area contributed by atoms with Gasteiger partial charge >= 0.3 is 0 Å². The van der Waals surface area contributed by atoms with Crippen LogP contribution >= 0.6 is 0 Å². The molecule has 0 unspecified atom stereocenters. The molecule has 0 spiro atoms. The third-order valence-electron chi connectivity index (χ3n) is 4.07. The molecule has 1 amide bonds. The molecule has 3 rings (SSSR count). The number of anilines is 1. The van der Waals surface area contributed by atoms with Crippen LogP contribution in [0.25, 0.3) is 11.2 Å². The number of carbonyl (C=O) groups is 1. The topological polar surface area (TPSA) is 72.4 Å². The molecular formula is C17H22N4O. The molecule has 0 radical (unpaired) electrons. The van der Waals surface area contributed by atoms with Gasteiger partial charge in [-0.05, 0) is 49.8 Å². The van der Waals surface area contributed by atoms with Crippen molar-refractivity contribution in [2.24, 2.45) is 0 Å². The van der Waals surface area contributed by atoms with Crippen molar-refractivity contribution < 1.29 is 4.79 Å².